The van der Waals surface area contributed by atoms with Gasteiger partial charge in [0, 0.05) is 30.1 Å². The number of amides is 1. The summed E-state index contributed by atoms with van der Waals surface area (Å²) in [6.45, 7) is 4.96. The predicted octanol–water partition coefficient (Wildman–Crippen LogP) is 3.62. The van der Waals surface area contributed by atoms with Gasteiger partial charge in [-0.05, 0) is 50.6 Å². The maximum absolute atomic E-state index is 12.2. The summed E-state index contributed by atoms with van der Waals surface area (Å²) in [5.74, 6) is 0.809. The molecule has 3 aromatic rings. The number of hydrogen-bond acceptors (Lipinski definition) is 5. The number of carbonyl (C=O) groups excluding carboxylic acids is 1. The molecular formula is C24H27N5O. The topological polar surface area (TPSA) is 71.0 Å². The molecule has 0 spiro atoms. The molecule has 1 aliphatic rings. The Hall–Kier alpha value is -3.12. The van der Waals surface area contributed by atoms with Crippen LogP contribution in [0.15, 0.2) is 54.9 Å². The van der Waals surface area contributed by atoms with Crippen LogP contribution in [0.4, 0.5) is 0 Å². The molecule has 4 rings (SSSR count). The van der Waals surface area contributed by atoms with E-state index in [1.54, 1.807) is 6.20 Å². The van der Waals surface area contributed by atoms with E-state index >= 15 is 0 Å². The fraction of sp³-hybridized carbons (Fsp3) is 0.333. The predicted molar refractivity (Wildman–Crippen MR) is 118 cm³/mol. The number of likely N-dealkylation sites (tertiary alicyclic amines) is 1. The van der Waals surface area contributed by atoms with Gasteiger partial charge < -0.3 is 5.32 Å². The summed E-state index contributed by atoms with van der Waals surface area (Å²) in [5.41, 5.74) is 4.69. The smallest absolute Gasteiger partial charge is 0.234 e. The van der Waals surface area contributed by atoms with Gasteiger partial charge in [-0.25, -0.2) is 9.97 Å². The van der Waals surface area contributed by atoms with Gasteiger partial charge in [-0.15, -0.1) is 0 Å². The number of aryl methyl sites for hydroxylation is 1. The van der Waals surface area contributed by atoms with Crippen molar-refractivity contribution in [2.75, 3.05) is 19.6 Å². The number of hydrogen-bond donors (Lipinski definition) is 1. The summed E-state index contributed by atoms with van der Waals surface area (Å²) >= 11 is 0. The number of rotatable bonds is 6. The molecule has 3 heterocycles. The van der Waals surface area contributed by atoms with Gasteiger partial charge in [-0.1, -0.05) is 36.8 Å². The maximum Gasteiger partial charge on any atom is 0.234 e. The Bertz CT molecular complexity index is 982. The lowest BCUT2D eigenvalue weighted by molar-refractivity contribution is -0.122. The lowest BCUT2D eigenvalue weighted by atomic mass is 10.0. The van der Waals surface area contributed by atoms with E-state index < -0.39 is 0 Å². The molecule has 1 aromatic carbocycles. The maximum atomic E-state index is 12.2. The molecular weight excluding hydrogens is 374 g/mol. The lowest BCUT2D eigenvalue weighted by Crippen LogP contribution is -2.39. The fourth-order valence-corrected chi connectivity index (χ4v) is 3.76. The molecule has 30 heavy (non-hydrogen) atoms. The molecule has 0 saturated carbocycles. The number of nitrogens with zero attached hydrogens (tertiary/aromatic N) is 4. The first-order valence-corrected chi connectivity index (χ1v) is 10.5. The van der Waals surface area contributed by atoms with Gasteiger partial charge in [0.15, 0.2) is 0 Å². The van der Waals surface area contributed by atoms with Gasteiger partial charge in [0.2, 0.25) is 5.91 Å². The van der Waals surface area contributed by atoms with Gasteiger partial charge in [0.1, 0.15) is 5.82 Å². The highest BCUT2D eigenvalue weighted by molar-refractivity contribution is 5.79. The van der Waals surface area contributed by atoms with Gasteiger partial charge in [-0.2, -0.15) is 0 Å². The van der Waals surface area contributed by atoms with Crippen molar-refractivity contribution in [3.8, 4) is 22.5 Å². The molecule has 2 aromatic heterocycles. The Labute approximate surface area is 177 Å². The molecule has 1 amide bonds. The Morgan fingerprint density at radius 3 is 2.57 bits per heavy atom. The molecule has 0 aliphatic carbocycles. The molecule has 1 fully saturated rings. The average molecular weight is 402 g/mol. The van der Waals surface area contributed by atoms with E-state index in [9.17, 15) is 4.79 Å². The Balaban J connectivity index is 1.44. The second-order valence-corrected chi connectivity index (χ2v) is 7.70. The van der Waals surface area contributed by atoms with Crippen LogP contribution in [0, 0.1) is 6.92 Å². The number of nitrogens with one attached hydrogen (secondary N) is 1. The minimum Gasteiger partial charge on any atom is -0.351 e. The van der Waals surface area contributed by atoms with Crippen LogP contribution in [0.1, 0.15) is 30.7 Å². The lowest BCUT2D eigenvalue weighted by Gasteiger charge is -2.25. The van der Waals surface area contributed by atoms with Gasteiger partial charge in [0.25, 0.3) is 0 Å². The third kappa shape index (κ3) is 5.07. The van der Waals surface area contributed by atoms with Crippen LogP contribution in [-0.4, -0.2) is 45.4 Å². The zero-order valence-electron chi connectivity index (χ0n) is 17.3. The number of carbonyl (C=O) groups is 1. The molecule has 1 aliphatic heterocycles. The molecule has 6 nitrogen and oxygen atoms in total. The molecule has 0 radical (unpaired) electrons. The molecule has 0 bridgehead atoms. The average Bonchev–Trinajstić information content (AvgIpc) is 2.79. The summed E-state index contributed by atoms with van der Waals surface area (Å²) in [5, 5.41) is 3.04. The number of pyridine rings is 1. The van der Waals surface area contributed by atoms with Crippen molar-refractivity contribution in [3.05, 3.63) is 66.2 Å². The number of benzene rings is 1. The van der Waals surface area contributed by atoms with Crippen LogP contribution < -0.4 is 5.32 Å². The summed E-state index contributed by atoms with van der Waals surface area (Å²) in [4.78, 5) is 27.9. The van der Waals surface area contributed by atoms with Crippen molar-refractivity contribution in [1.29, 1.82) is 0 Å². The van der Waals surface area contributed by atoms with Crippen LogP contribution in [0.25, 0.3) is 22.5 Å². The third-order valence-electron chi connectivity index (χ3n) is 5.38. The van der Waals surface area contributed by atoms with E-state index in [0.29, 0.717) is 13.1 Å². The highest BCUT2D eigenvalue weighted by Crippen LogP contribution is 2.28. The minimum atomic E-state index is 0.0878. The fourth-order valence-electron chi connectivity index (χ4n) is 3.76. The van der Waals surface area contributed by atoms with Crippen molar-refractivity contribution in [1.82, 2.24) is 25.2 Å². The zero-order valence-corrected chi connectivity index (χ0v) is 17.3. The first kappa shape index (κ1) is 20.2. The Morgan fingerprint density at radius 1 is 1.03 bits per heavy atom. The van der Waals surface area contributed by atoms with Gasteiger partial charge >= 0.3 is 0 Å². The summed E-state index contributed by atoms with van der Waals surface area (Å²) in [7, 11) is 0. The highest BCUT2D eigenvalue weighted by Gasteiger charge is 2.14. The zero-order chi connectivity index (χ0) is 20.8. The van der Waals surface area contributed by atoms with E-state index in [2.05, 4.69) is 25.2 Å². The van der Waals surface area contributed by atoms with E-state index in [0.717, 1.165) is 47.0 Å². The van der Waals surface area contributed by atoms with Gasteiger partial charge in [-0.3, -0.25) is 14.7 Å². The van der Waals surface area contributed by atoms with Crippen LogP contribution in [0.3, 0.4) is 0 Å². The Morgan fingerprint density at radius 2 is 1.83 bits per heavy atom. The molecule has 1 saturated heterocycles. The van der Waals surface area contributed by atoms with Crippen LogP contribution in [0.2, 0.25) is 0 Å². The normalized spacial score (nSPS) is 14.4. The second-order valence-electron chi connectivity index (χ2n) is 7.70. The molecule has 6 heteroatoms. The van der Waals surface area contributed by atoms with Crippen molar-refractivity contribution in [3.63, 3.8) is 0 Å². The SMILES string of the molecule is Cc1ncc(-c2ccccn2)c(-c2ccc(CNC(=O)CN3CCCCC3)cc2)n1. The van der Waals surface area contributed by atoms with E-state index in [1.807, 2.05) is 55.6 Å². The second kappa shape index (κ2) is 9.59. The standard InChI is InChI=1S/C24H27N5O/c1-18-26-16-21(22-7-3-4-12-25-22)24(28-18)20-10-8-19(9-11-20)15-27-23(30)17-29-13-5-2-6-14-29/h3-4,7-12,16H,2,5-6,13-15,17H2,1H3,(H,27,30). The molecule has 1 N–H and O–H groups in total. The minimum absolute atomic E-state index is 0.0878. The van der Waals surface area contributed by atoms with E-state index in [-0.39, 0.29) is 5.91 Å². The van der Waals surface area contributed by atoms with E-state index in [1.165, 1.54) is 19.3 Å². The Kier molecular flexibility index (Phi) is 6.44. The van der Waals surface area contributed by atoms with Crippen LogP contribution in [0.5, 0.6) is 0 Å². The summed E-state index contributed by atoms with van der Waals surface area (Å²) < 4.78 is 0. The monoisotopic (exact) mass is 401 g/mol. The van der Waals surface area contributed by atoms with Crippen molar-refractivity contribution in [2.45, 2.75) is 32.7 Å². The quantitative estimate of drug-likeness (QED) is 0.683. The van der Waals surface area contributed by atoms with Gasteiger partial charge in [0.05, 0.1) is 17.9 Å². The first-order chi connectivity index (χ1) is 14.7. The molecule has 154 valence electrons. The highest BCUT2D eigenvalue weighted by atomic mass is 16.2. The molecule has 0 unspecified atom stereocenters. The van der Waals surface area contributed by atoms with Crippen LogP contribution in [-0.2, 0) is 11.3 Å². The first-order valence-electron chi connectivity index (χ1n) is 10.5. The van der Waals surface area contributed by atoms with Crippen molar-refractivity contribution < 1.29 is 4.79 Å². The van der Waals surface area contributed by atoms with Crippen molar-refractivity contribution >= 4 is 5.91 Å². The van der Waals surface area contributed by atoms with Crippen LogP contribution >= 0.6 is 0 Å². The summed E-state index contributed by atoms with van der Waals surface area (Å²) in [6, 6.07) is 14.0. The van der Waals surface area contributed by atoms with E-state index in [4.69, 9.17) is 0 Å². The summed E-state index contributed by atoms with van der Waals surface area (Å²) in [6.07, 6.45) is 7.26. The molecule has 0 atom stereocenters. The number of piperidine rings is 1. The third-order valence-corrected chi connectivity index (χ3v) is 5.38. The largest absolute Gasteiger partial charge is 0.351 e. The number of aromatic nitrogens is 3. The van der Waals surface area contributed by atoms with Crippen molar-refractivity contribution in [2.24, 2.45) is 0 Å².